The van der Waals surface area contributed by atoms with Crippen molar-refractivity contribution in [2.75, 3.05) is 27.4 Å². The van der Waals surface area contributed by atoms with Crippen LogP contribution < -0.4 is 4.72 Å². The zero-order valence-electron chi connectivity index (χ0n) is 11.4. The Hall–Kier alpha value is -0.730. The smallest absolute Gasteiger partial charge is 0.240 e. The first kappa shape index (κ1) is 17.3. The molecule has 0 aliphatic carbocycles. The Morgan fingerprint density at radius 2 is 2.05 bits per heavy atom. The van der Waals surface area contributed by atoms with Crippen molar-refractivity contribution >= 4 is 21.6 Å². The molecule has 1 N–H and O–H groups in total. The maximum atomic E-state index is 13.0. The third kappa shape index (κ3) is 4.39. The summed E-state index contributed by atoms with van der Waals surface area (Å²) in [6.07, 6.45) is 0. The molecule has 0 saturated heterocycles. The van der Waals surface area contributed by atoms with Crippen molar-refractivity contribution in [3.63, 3.8) is 0 Å². The van der Waals surface area contributed by atoms with Gasteiger partial charge in [0.05, 0.1) is 16.5 Å². The highest BCUT2D eigenvalue weighted by Gasteiger charge is 2.27. The quantitative estimate of drug-likeness (QED) is 0.830. The molecule has 8 heteroatoms. The normalized spacial score (nSPS) is 15.1. The summed E-state index contributed by atoms with van der Waals surface area (Å²) >= 11 is 5.58. The van der Waals surface area contributed by atoms with Crippen molar-refractivity contribution in [3.05, 3.63) is 29.0 Å². The van der Waals surface area contributed by atoms with E-state index in [1.807, 2.05) is 0 Å². The molecule has 0 spiro atoms. The van der Waals surface area contributed by atoms with Crippen LogP contribution in [0.2, 0.25) is 5.02 Å². The van der Waals surface area contributed by atoms with Gasteiger partial charge in [-0.05, 0) is 25.1 Å². The lowest BCUT2D eigenvalue weighted by Gasteiger charge is -2.27. The van der Waals surface area contributed by atoms with Crippen molar-refractivity contribution in [1.29, 1.82) is 0 Å². The van der Waals surface area contributed by atoms with E-state index in [0.717, 1.165) is 18.2 Å². The number of halogens is 2. The molecule has 0 aromatic heterocycles. The highest BCUT2D eigenvalue weighted by Crippen LogP contribution is 2.19. The number of sulfonamides is 1. The Balaban J connectivity index is 2.87. The summed E-state index contributed by atoms with van der Waals surface area (Å²) in [5.41, 5.74) is -0.800. The number of methoxy groups -OCH3 is 2. The first-order valence-electron chi connectivity index (χ1n) is 5.73. The molecular formula is C12H17ClFNO4S. The molecule has 0 radical (unpaired) electrons. The van der Waals surface area contributed by atoms with Crippen LogP contribution in [-0.2, 0) is 19.5 Å². The molecule has 0 heterocycles. The molecule has 1 aromatic rings. The van der Waals surface area contributed by atoms with E-state index >= 15 is 0 Å². The van der Waals surface area contributed by atoms with E-state index in [0.29, 0.717) is 0 Å². The molecule has 0 bridgehead atoms. The molecule has 1 unspecified atom stereocenters. The Kier molecular flexibility index (Phi) is 5.91. The van der Waals surface area contributed by atoms with Crippen LogP contribution in [-0.4, -0.2) is 41.4 Å². The van der Waals surface area contributed by atoms with Gasteiger partial charge >= 0.3 is 0 Å². The molecule has 114 valence electrons. The summed E-state index contributed by atoms with van der Waals surface area (Å²) in [6, 6.07) is 3.20. The second-order valence-electron chi connectivity index (χ2n) is 4.49. The van der Waals surface area contributed by atoms with E-state index in [1.165, 1.54) is 14.2 Å². The summed E-state index contributed by atoms with van der Waals surface area (Å²) in [5, 5.41) is -0.251. The maximum Gasteiger partial charge on any atom is 0.240 e. The summed E-state index contributed by atoms with van der Waals surface area (Å²) in [6.45, 7) is 1.93. The van der Waals surface area contributed by atoms with Crippen LogP contribution in [0.4, 0.5) is 4.39 Å². The van der Waals surface area contributed by atoms with Gasteiger partial charge in [-0.3, -0.25) is 0 Å². The topological polar surface area (TPSA) is 64.6 Å². The second-order valence-corrected chi connectivity index (χ2v) is 6.66. The van der Waals surface area contributed by atoms with Gasteiger partial charge in [0.25, 0.3) is 0 Å². The average molecular weight is 326 g/mol. The van der Waals surface area contributed by atoms with Gasteiger partial charge in [-0.25, -0.2) is 17.5 Å². The fourth-order valence-electron chi connectivity index (χ4n) is 1.46. The van der Waals surface area contributed by atoms with Gasteiger partial charge in [0.2, 0.25) is 10.0 Å². The summed E-state index contributed by atoms with van der Waals surface area (Å²) in [5.74, 6) is -0.674. The molecule has 5 nitrogen and oxygen atoms in total. The van der Waals surface area contributed by atoms with Crippen LogP contribution in [0, 0.1) is 5.82 Å². The minimum absolute atomic E-state index is 0.00860. The lowest BCUT2D eigenvalue weighted by molar-refractivity contribution is -0.0460. The van der Waals surface area contributed by atoms with Crippen molar-refractivity contribution in [3.8, 4) is 0 Å². The van der Waals surface area contributed by atoms with Crippen LogP contribution in [0.5, 0.6) is 0 Å². The van der Waals surface area contributed by atoms with E-state index in [-0.39, 0.29) is 23.1 Å². The van der Waals surface area contributed by atoms with Gasteiger partial charge in [-0.15, -0.1) is 0 Å². The van der Waals surface area contributed by atoms with Crippen molar-refractivity contribution in [1.82, 2.24) is 4.72 Å². The Morgan fingerprint density at radius 1 is 1.40 bits per heavy atom. The summed E-state index contributed by atoms with van der Waals surface area (Å²) in [4.78, 5) is -0.111. The van der Waals surface area contributed by atoms with Gasteiger partial charge in [0.15, 0.2) is 0 Å². The molecule has 0 aliphatic rings. The minimum atomic E-state index is -3.80. The van der Waals surface area contributed by atoms with Crippen LogP contribution in [0.1, 0.15) is 6.92 Å². The molecule has 1 aromatic carbocycles. The van der Waals surface area contributed by atoms with Gasteiger partial charge in [-0.2, -0.15) is 0 Å². The number of nitrogens with one attached hydrogen (secondary N) is 1. The molecule has 0 saturated carbocycles. The zero-order valence-corrected chi connectivity index (χ0v) is 13.0. The summed E-state index contributed by atoms with van der Waals surface area (Å²) in [7, 11) is -0.846. The lowest BCUT2D eigenvalue weighted by Crippen LogP contribution is -2.45. The SMILES string of the molecule is COCC(C)(CNS(=O)(=O)c1ccc(F)c(Cl)c1)OC. The van der Waals surface area contributed by atoms with Gasteiger partial charge in [-0.1, -0.05) is 11.6 Å². The molecule has 1 rings (SSSR count). The number of hydrogen-bond acceptors (Lipinski definition) is 4. The van der Waals surface area contributed by atoms with Crippen LogP contribution >= 0.6 is 11.6 Å². The first-order valence-corrected chi connectivity index (χ1v) is 7.59. The third-order valence-corrected chi connectivity index (χ3v) is 4.47. The van der Waals surface area contributed by atoms with Crippen molar-refractivity contribution < 1.29 is 22.3 Å². The largest absolute Gasteiger partial charge is 0.382 e. The molecule has 0 fully saturated rings. The molecule has 0 aliphatic heterocycles. The number of rotatable bonds is 7. The fraction of sp³-hybridized carbons (Fsp3) is 0.500. The van der Waals surface area contributed by atoms with Crippen LogP contribution in [0.15, 0.2) is 23.1 Å². The predicted molar refractivity (Wildman–Crippen MR) is 73.9 cm³/mol. The highest BCUT2D eigenvalue weighted by atomic mass is 35.5. The molecule has 1 atom stereocenters. The van der Waals surface area contributed by atoms with Crippen molar-refractivity contribution in [2.45, 2.75) is 17.4 Å². The Morgan fingerprint density at radius 3 is 2.55 bits per heavy atom. The fourth-order valence-corrected chi connectivity index (χ4v) is 2.89. The second kappa shape index (κ2) is 6.82. The molecule has 20 heavy (non-hydrogen) atoms. The Labute approximate surface area is 123 Å². The van der Waals surface area contributed by atoms with Gasteiger partial charge < -0.3 is 9.47 Å². The number of ether oxygens (including phenoxy) is 2. The zero-order chi connectivity index (χ0) is 15.4. The maximum absolute atomic E-state index is 13.0. The number of hydrogen-bond donors (Lipinski definition) is 1. The van der Waals surface area contributed by atoms with E-state index < -0.39 is 21.4 Å². The lowest BCUT2D eigenvalue weighted by atomic mass is 10.1. The number of benzene rings is 1. The monoisotopic (exact) mass is 325 g/mol. The highest BCUT2D eigenvalue weighted by molar-refractivity contribution is 7.89. The van der Waals surface area contributed by atoms with E-state index in [2.05, 4.69) is 4.72 Å². The average Bonchev–Trinajstić information content (AvgIpc) is 2.40. The summed E-state index contributed by atoms with van der Waals surface area (Å²) < 4.78 is 49.8. The van der Waals surface area contributed by atoms with Crippen LogP contribution in [0.3, 0.4) is 0 Å². The first-order chi connectivity index (χ1) is 9.24. The van der Waals surface area contributed by atoms with E-state index in [1.54, 1.807) is 6.92 Å². The predicted octanol–water partition coefficient (Wildman–Crippen LogP) is 1.81. The van der Waals surface area contributed by atoms with Crippen molar-refractivity contribution in [2.24, 2.45) is 0 Å². The molecule has 0 amide bonds. The Bertz CT molecular complexity index is 567. The molecular weight excluding hydrogens is 309 g/mol. The minimum Gasteiger partial charge on any atom is -0.382 e. The standard InChI is InChI=1S/C12H17ClFNO4S/c1-12(19-3,8-18-2)7-15-20(16,17)9-4-5-11(14)10(13)6-9/h4-6,15H,7-8H2,1-3H3. The van der Waals surface area contributed by atoms with E-state index in [4.69, 9.17) is 21.1 Å². The van der Waals surface area contributed by atoms with Crippen LogP contribution in [0.25, 0.3) is 0 Å². The third-order valence-electron chi connectivity index (χ3n) is 2.78. The van der Waals surface area contributed by atoms with Gasteiger partial charge in [0.1, 0.15) is 11.4 Å². The van der Waals surface area contributed by atoms with Gasteiger partial charge in [0, 0.05) is 20.8 Å². The van der Waals surface area contributed by atoms with E-state index in [9.17, 15) is 12.8 Å².